The molecule has 1 aliphatic carbocycles. The molecule has 2 aliphatic heterocycles. The van der Waals surface area contributed by atoms with Crippen molar-refractivity contribution in [3.63, 3.8) is 0 Å². The Morgan fingerprint density at radius 2 is 1.65 bits per heavy atom. The van der Waals surface area contributed by atoms with Gasteiger partial charge in [-0.05, 0) is 29.9 Å². The van der Waals surface area contributed by atoms with Crippen molar-refractivity contribution in [2.75, 3.05) is 26.8 Å². The Morgan fingerprint density at radius 3 is 2.23 bits per heavy atom. The third-order valence-electron chi connectivity index (χ3n) is 7.47. The summed E-state index contributed by atoms with van der Waals surface area (Å²) < 4.78 is 11.8. The lowest BCUT2D eigenvalue weighted by atomic mass is 9.63. The third-order valence-corrected chi connectivity index (χ3v) is 7.47. The van der Waals surface area contributed by atoms with Crippen molar-refractivity contribution >= 4 is 6.09 Å². The highest BCUT2D eigenvalue weighted by molar-refractivity contribution is 5.72. The van der Waals surface area contributed by atoms with Crippen LogP contribution in [0.5, 0.6) is 0 Å². The summed E-state index contributed by atoms with van der Waals surface area (Å²) in [7, 11) is 1.75. The summed E-state index contributed by atoms with van der Waals surface area (Å²) in [5.74, 6) is 0.651. The van der Waals surface area contributed by atoms with E-state index in [-0.39, 0.29) is 23.7 Å². The molecule has 0 radical (unpaired) electrons. The minimum Gasteiger partial charge on any atom is -0.443 e. The maximum absolute atomic E-state index is 13.3. The number of rotatable bonds is 7. The van der Waals surface area contributed by atoms with Crippen LogP contribution in [-0.2, 0) is 22.6 Å². The fourth-order valence-electron chi connectivity index (χ4n) is 5.91. The molecule has 5 heteroatoms. The highest BCUT2D eigenvalue weighted by atomic mass is 16.6. The molecule has 2 heterocycles. The van der Waals surface area contributed by atoms with Gasteiger partial charge in [0.15, 0.2) is 0 Å². The fraction of sp³-hybridized carbons (Fsp3) is 0.500. The first-order valence-electron chi connectivity index (χ1n) is 11.5. The molecule has 31 heavy (non-hydrogen) atoms. The van der Waals surface area contributed by atoms with Crippen molar-refractivity contribution in [1.29, 1.82) is 0 Å². The maximum atomic E-state index is 13.3. The first-order valence-corrected chi connectivity index (χ1v) is 11.5. The van der Waals surface area contributed by atoms with Gasteiger partial charge in [0.2, 0.25) is 0 Å². The lowest BCUT2D eigenvalue weighted by Gasteiger charge is -2.55. The zero-order valence-corrected chi connectivity index (χ0v) is 18.3. The first-order chi connectivity index (χ1) is 15.2. The molecule has 0 spiro atoms. The van der Waals surface area contributed by atoms with Gasteiger partial charge in [0, 0.05) is 39.2 Å². The number of ether oxygens (including phenoxy) is 2. The Hall–Kier alpha value is -2.37. The molecule has 0 N–H and O–H groups in total. The SMILES string of the molecule is COC[C@H]1CN(Cc2ccccc2)C[C@@]2(C3CCC3)[C@@H]1OC(=O)N2Cc1ccccc1. The van der Waals surface area contributed by atoms with Gasteiger partial charge < -0.3 is 9.47 Å². The van der Waals surface area contributed by atoms with Crippen LogP contribution in [0, 0.1) is 11.8 Å². The second-order valence-electron chi connectivity index (χ2n) is 9.37. The first kappa shape index (κ1) is 20.5. The average molecular weight is 421 g/mol. The Bertz CT molecular complexity index is 886. The number of amides is 1. The number of carbonyl (C=O) groups excluding carboxylic acids is 1. The van der Waals surface area contributed by atoms with E-state index in [1.54, 1.807) is 7.11 Å². The second-order valence-corrected chi connectivity index (χ2v) is 9.37. The topological polar surface area (TPSA) is 42.0 Å². The van der Waals surface area contributed by atoms with E-state index in [4.69, 9.17) is 9.47 Å². The maximum Gasteiger partial charge on any atom is 0.411 e. The summed E-state index contributed by atoms with van der Waals surface area (Å²) in [6.07, 6.45) is 3.29. The van der Waals surface area contributed by atoms with Gasteiger partial charge in [-0.15, -0.1) is 0 Å². The molecule has 2 aromatic carbocycles. The standard InChI is InChI=1S/C26H32N2O3/c1-30-18-22-17-27(15-20-9-4-2-5-10-20)19-26(23-13-8-14-23)24(22)31-25(29)28(26)16-21-11-6-3-7-12-21/h2-7,9-12,22-24H,8,13-19H2,1H3/t22-,24-,26-/m1/s1. The molecule has 5 nitrogen and oxygen atoms in total. The normalized spacial score (nSPS) is 28.8. The molecule has 0 unspecified atom stereocenters. The molecular formula is C26H32N2O3. The molecule has 1 amide bonds. The molecule has 3 atom stereocenters. The number of hydrogen-bond acceptors (Lipinski definition) is 4. The van der Waals surface area contributed by atoms with E-state index in [0.717, 1.165) is 38.0 Å². The number of methoxy groups -OCH3 is 1. The smallest absolute Gasteiger partial charge is 0.411 e. The van der Waals surface area contributed by atoms with Crippen molar-refractivity contribution in [2.24, 2.45) is 11.8 Å². The van der Waals surface area contributed by atoms with Crippen LogP contribution in [0.25, 0.3) is 0 Å². The van der Waals surface area contributed by atoms with Crippen molar-refractivity contribution in [3.8, 4) is 0 Å². The number of nitrogens with zero attached hydrogens (tertiary/aromatic N) is 2. The number of carbonyl (C=O) groups is 1. The Kier molecular flexibility index (Phi) is 5.72. The summed E-state index contributed by atoms with van der Waals surface area (Å²) in [5, 5.41) is 0. The zero-order valence-electron chi connectivity index (χ0n) is 18.3. The van der Waals surface area contributed by atoms with Gasteiger partial charge in [0.25, 0.3) is 0 Å². The van der Waals surface area contributed by atoms with Crippen molar-refractivity contribution in [1.82, 2.24) is 9.80 Å². The molecule has 1 saturated carbocycles. The third kappa shape index (κ3) is 3.74. The zero-order chi connectivity index (χ0) is 21.3. The van der Waals surface area contributed by atoms with Gasteiger partial charge in [-0.3, -0.25) is 9.80 Å². The molecule has 5 rings (SSSR count). The fourth-order valence-corrected chi connectivity index (χ4v) is 5.91. The summed E-state index contributed by atoms with van der Waals surface area (Å²) in [5.41, 5.74) is 2.17. The van der Waals surface area contributed by atoms with Crippen molar-refractivity contribution < 1.29 is 14.3 Å². The van der Waals surface area contributed by atoms with E-state index >= 15 is 0 Å². The van der Waals surface area contributed by atoms with Gasteiger partial charge in [-0.25, -0.2) is 4.79 Å². The molecule has 0 aromatic heterocycles. The van der Waals surface area contributed by atoms with Crippen molar-refractivity contribution in [3.05, 3.63) is 71.8 Å². The van der Waals surface area contributed by atoms with E-state index in [1.807, 2.05) is 18.2 Å². The Labute approximate surface area is 184 Å². The average Bonchev–Trinajstić information content (AvgIpc) is 3.01. The van der Waals surface area contributed by atoms with Crippen LogP contribution < -0.4 is 0 Å². The Morgan fingerprint density at radius 1 is 1.00 bits per heavy atom. The van der Waals surface area contributed by atoms with Gasteiger partial charge >= 0.3 is 6.09 Å². The molecule has 164 valence electrons. The quantitative estimate of drug-likeness (QED) is 0.669. The van der Waals surface area contributed by atoms with Crippen LogP contribution in [0.2, 0.25) is 0 Å². The lowest BCUT2D eigenvalue weighted by Crippen LogP contribution is -2.69. The van der Waals surface area contributed by atoms with Crippen LogP contribution in [0.1, 0.15) is 30.4 Å². The number of fused-ring (bicyclic) bond motifs is 1. The van der Waals surface area contributed by atoms with E-state index < -0.39 is 0 Å². The van der Waals surface area contributed by atoms with Gasteiger partial charge in [-0.2, -0.15) is 0 Å². The van der Waals surface area contributed by atoms with Gasteiger partial charge in [-0.1, -0.05) is 67.1 Å². The van der Waals surface area contributed by atoms with E-state index in [0.29, 0.717) is 19.1 Å². The summed E-state index contributed by atoms with van der Waals surface area (Å²) in [6.45, 7) is 3.84. The minimum absolute atomic E-state index is 0.110. The predicted molar refractivity (Wildman–Crippen MR) is 119 cm³/mol. The van der Waals surface area contributed by atoms with E-state index in [9.17, 15) is 4.79 Å². The number of benzene rings is 2. The predicted octanol–water partition coefficient (Wildman–Crippen LogP) is 4.32. The van der Waals surface area contributed by atoms with E-state index in [1.165, 1.54) is 12.0 Å². The number of likely N-dealkylation sites (tertiary alicyclic amines) is 1. The molecule has 2 aromatic rings. The lowest BCUT2D eigenvalue weighted by molar-refractivity contribution is -0.0998. The highest BCUT2D eigenvalue weighted by Gasteiger charge is 2.64. The number of piperidine rings is 1. The summed E-state index contributed by atoms with van der Waals surface area (Å²) >= 11 is 0. The van der Waals surface area contributed by atoms with Crippen LogP contribution in [0.4, 0.5) is 4.79 Å². The highest BCUT2D eigenvalue weighted by Crippen LogP contribution is 2.51. The second kappa shape index (κ2) is 8.64. The van der Waals surface area contributed by atoms with Crippen LogP contribution in [0.3, 0.4) is 0 Å². The van der Waals surface area contributed by atoms with E-state index in [2.05, 4.69) is 52.3 Å². The minimum atomic E-state index is -0.290. The summed E-state index contributed by atoms with van der Waals surface area (Å²) in [6, 6.07) is 20.9. The molecule has 3 fully saturated rings. The molecule has 3 aliphatic rings. The van der Waals surface area contributed by atoms with Crippen molar-refractivity contribution in [2.45, 2.75) is 44.0 Å². The largest absolute Gasteiger partial charge is 0.443 e. The van der Waals surface area contributed by atoms with Crippen LogP contribution in [-0.4, -0.2) is 54.3 Å². The van der Waals surface area contributed by atoms with Crippen LogP contribution in [0.15, 0.2) is 60.7 Å². The monoisotopic (exact) mass is 420 g/mol. The Balaban J connectivity index is 1.50. The molecule has 2 saturated heterocycles. The molecular weight excluding hydrogens is 388 g/mol. The van der Waals surface area contributed by atoms with Crippen LogP contribution >= 0.6 is 0 Å². The number of hydrogen-bond donors (Lipinski definition) is 0. The molecule has 0 bridgehead atoms. The summed E-state index contributed by atoms with van der Waals surface area (Å²) in [4.78, 5) is 17.8. The van der Waals surface area contributed by atoms with Gasteiger partial charge in [0.1, 0.15) is 6.10 Å². The van der Waals surface area contributed by atoms with Gasteiger partial charge in [0.05, 0.1) is 12.1 Å².